The highest BCUT2D eigenvalue weighted by Gasteiger charge is 2.60. The second kappa shape index (κ2) is 11.0. The Bertz CT molecular complexity index is 1150. The standard InChI is InChI=1S/C36H52O4/c1-21(2)26-14-12-23(5)18-30(26)39-33(37)29-16-17-36(32-25(20-35(36,7)8)10-9-11-28(29)32)34(38)40-31-19-24(6)13-15-27(31)22(3)4/h9-11,16-17,21-24,26-27,29-31H,12-15,18-20H2,1-8H3/t23-,24-,26+,27+,29-,30-,31-,36+/m1/s1. The highest BCUT2D eigenvalue weighted by atomic mass is 16.5. The Labute approximate surface area is 242 Å². The Kier molecular flexibility index (Phi) is 8.05. The number of esters is 2. The minimum atomic E-state index is -0.891. The second-order valence-corrected chi connectivity index (χ2v) is 15.2. The maximum Gasteiger partial charge on any atom is 0.321 e. The third kappa shape index (κ3) is 4.96. The molecule has 0 saturated heterocycles. The van der Waals surface area contributed by atoms with Crippen LogP contribution in [0.25, 0.3) is 0 Å². The molecule has 2 fully saturated rings. The fraction of sp³-hybridized carbons (Fsp3) is 0.722. The molecule has 1 aromatic carbocycles. The molecule has 0 aromatic heterocycles. The fourth-order valence-corrected chi connectivity index (χ4v) is 8.72. The quantitative estimate of drug-likeness (QED) is 0.266. The minimum Gasteiger partial charge on any atom is -0.461 e. The summed E-state index contributed by atoms with van der Waals surface area (Å²) >= 11 is 0. The summed E-state index contributed by atoms with van der Waals surface area (Å²) in [7, 11) is 0. The van der Waals surface area contributed by atoms with E-state index in [1.165, 1.54) is 12.8 Å². The van der Waals surface area contributed by atoms with E-state index in [0.29, 0.717) is 35.5 Å². The van der Waals surface area contributed by atoms with Gasteiger partial charge in [0.05, 0.1) is 0 Å². The van der Waals surface area contributed by atoms with Gasteiger partial charge < -0.3 is 9.47 Å². The largest absolute Gasteiger partial charge is 0.461 e. The van der Waals surface area contributed by atoms with Crippen molar-refractivity contribution in [2.24, 2.45) is 40.9 Å². The third-order valence-electron chi connectivity index (χ3n) is 11.2. The van der Waals surface area contributed by atoms with Crippen molar-refractivity contribution in [1.29, 1.82) is 0 Å². The highest BCUT2D eigenvalue weighted by molar-refractivity contribution is 5.93. The van der Waals surface area contributed by atoms with Gasteiger partial charge in [-0.25, -0.2) is 0 Å². The van der Waals surface area contributed by atoms with E-state index in [4.69, 9.17) is 9.47 Å². The average Bonchev–Trinajstić information content (AvgIpc) is 3.12. The lowest BCUT2D eigenvalue weighted by Gasteiger charge is -2.44. The van der Waals surface area contributed by atoms with Crippen LogP contribution in [0, 0.1) is 40.9 Å². The van der Waals surface area contributed by atoms with E-state index in [9.17, 15) is 9.59 Å². The average molecular weight is 549 g/mol. The van der Waals surface area contributed by atoms with Crippen molar-refractivity contribution >= 4 is 11.9 Å². The molecule has 4 nitrogen and oxygen atoms in total. The molecule has 8 atom stereocenters. The first-order chi connectivity index (χ1) is 18.9. The van der Waals surface area contributed by atoms with Crippen molar-refractivity contribution in [3.8, 4) is 0 Å². The number of ether oxygens (including phenoxy) is 2. The first-order valence-corrected chi connectivity index (χ1v) is 16.1. The van der Waals surface area contributed by atoms with Gasteiger partial charge in [0.25, 0.3) is 0 Å². The summed E-state index contributed by atoms with van der Waals surface area (Å²) in [6.45, 7) is 17.9. The molecule has 0 aliphatic heterocycles. The Morgan fingerprint density at radius 1 is 0.850 bits per heavy atom. The summed E-state index contributed by atoms with van der Waals surface area (Å²) in [5.41, 5.74) is 1.83. The number of carbonyl (C=O) groups is 2. The monoisotopic (exact) mass is 548 g/mol. The summed E-state index contributed by atoms with van der Waals surface area (Å²) in [6.07, 6.45) is 11.1. The summed E-state index contributed by atoms with van der Waals surface area (Å²) in [6, 6.07) is 6.22. The minimum absolute atomic E-state index is 0.0456. The van der Waals surface area contributed by atoms with Crippen molar-refractivity contribution in [2.45, 2.75) is 124 Å². The molecule has 4 heteroatoms. The van der Waals surface area contributed by atoms with Crippen molar-refractivity contribution in [3.63, 3.8) is 0 Å². The van der Waals surface area contributed by atoms with Gasteiger partial charge in [0.2, 0.25) is 0 Å². The highest BCUT2D eigenvalue weighted by Crippen LogP contribution is 2.58. The molecule has 4 aliphatic carbocycles. The summed E-state index contributed by atoms with van der Waals surface area (Å²) in [4.78, 5) is 28.3. The van der Waals surface area contributed by atoms with Crippen LogP contribution >= 0.6 is 0 Å². The molecule has 0 N–H and O–H groups in total. The number of carbonyl (C=O) groups excluding carboxylic acids is 2. The number of hydrogen-bond acceptors (Lipinski definition) is 4. The fourth-order valence-electron chi connectivity index (χ4n) is 8.72. The summed E-state index contributed by atoms with van der Waals surface area (Å²) < 4.78 is 12.9. The molecular weight excluding hydrogens is 496 g/mol. The third-order valence-corrected chi connectivity index (χ3v) is 11.2. The molecule has 5 rings (SSSR count). The summed E-state index contributed by atoms with van der Waals surface area (Å²) in [5.74, 6) is 2.05. The van der Waals surface area contributed by atoms with Crippen LogP contribution in [-0.2, 0) is 30.9 Å². The molecule has 220 valence electrons. The molecule has 0 heterocycles. The van der Waals surface area contributed by atoms with Gasteiger partial charge in [0.1, 0.15) is 23.5 Å². The lowest BCUT2D eigenvalue weighted by molar-refractivity contribution is -0.165. The molecule has 0 amide bonds. The molecule has 0 radical (unpaired) electrons. The lowest BCUT2D eigenvalue weighted by atomic mass is 9.61. The number of hydrogen-bond donors (Lipinski definition) is 0. The normalized spacial score (nSPS) is 36.4. The van der Waals surface area contributed by atoms with E-state index in [2.05, 4.69) is 61.5 Å². The Morgan fingerprint density at radius 2 is 1.43 bits per heavy atom. The molecule has 0 unspecified atom stereocenters. The maximum absolute atomic E-state index is 14.5. The van der Waals surface area contributed by atoms with Crippen molar-refractivity contribution in [2.75, 3.05) is 0 Å². The van der Waals surface area contributed by atoms with Gasteiger partial charge in [-0.15, -0.1) is 0 Å². The molecule has 1 aromatic rings. The van der Waals surface area contributed by atoms with Crippen LogP contribution in [0.5, 0.6) is 0 Å². The Balaban J connectivity index is 1.47. The van der Waals surface area contributed by atoms with E-state index in [-0.39, 0.29) is 29.6 Å². The zero-order chi connectivity index (χ0) is 29.0. The first-order valence-electron chi connectivity index (χ1n) is 16.1. The van der Waals surface area contributed by atoms with Crippen LogP contribution in [-0.4, -0.2) is 24.1 Å². The van der Waals surface area contributed by atoms with Crippen LogP contribution in [0.2, 0.25) is 0 Å². The van der Waals surface area contributed by atoms with E-state index in [0.717, 1.165) is 48.8 Å². The van der Waals surface area contributed by atoms with Gasteiger partial charge in [0.15, 0.2) is 0 Å². The molecule has 40 heavy (non-hydrogen) atoms. The van der Waals surface area contributed by atoms with Gasteiger partial charge in [0, 0.05) is 0 Å². The van der Waals surface area contributed by atoms with Gasteiger partial charge in [-0.1, -0.05) is 98.6 Å². The number of rotatable bonds is 6. The SMILES string of the molecule is CC(C)[C@@H]1CC[C@@H](C)C[C@H]1OC(=O)[C@@H]1C=C[C@@]2(C(=O)O[C@@H]3C[C@H](C)CC[C@H]3C(C)C)c3c(cccc31)CC2(C)C. The van der Waals surface area contributed by atoms with Crippen molar-refractivity contribution < 1.29 is 19.1 Å². The first kappa shape index (κ1) is 29.4. The van der Waals surface area contributed by atoms with Gasteiger partial charge >= 0.3 is 11.9 Å². The van der Waals surface area contributed by atoms with Crippen molar-refractivity contribution in [3.05, 3.63) is 47.0 Å². The van der Waals surface area contributed by atoms with E-state index in [1.807, 2.05) is 24.3 Å². The van der Waals surface area contributed by atoms with Crippen LogP contribution in [0.1, 0.15) is 117 Å². The molecular formula is C36H52O4. The van der Waals surface area contributed by atoms with Crippen LogP contribution in [0.3, 0.4) is 0 Å². The summed E-state index contributed by atoms with van der Waals surface area (Å²) in [5, 5.41) is 0. The van der Waals surface area contributed by atoms with Crippen molar-refractivity contribution in [1.82, 2.24) is 0 Å². The van der Waals surface area contributed by atoms with E-state index < -0.39 is 11.3 Å². The van der Waals surface area contributed by atoms with E-state index >= 15 is 0 Å². The molecule has 2 saturated carbocycles. The second-order valence-electron chi connectivity index (χ2n) is 15.2. The van der Waals surface area contributed by atoms with Gasteiger partial charge in [-0.3, -0.25) is 9.59 Å². The molecule has 0 bridgehead atoms. The Morgan fingerprint density at radius 3 is 2.00 bits per heavy atom. The van der Waals surface area contributed by atoms with Crippen LogP contribution in [0.4, 0.5) is 0 Å². The topological polar surface area (TPSA) is 52.6 Å². The number of benzene rings is 1. The van der Waals surface area contributed by atoms with Gasteiger partial charge in [-0.2, -0.15) is 0 Å². The van der Waals surface area contributed by atoms with Crippen LogP contribution < -0.4 is 0 Å². The van der Waals surface area contributed by atoms with E-state index in [1.54, 1.807) is 0 Å². The zero-order valence-corrected chi connectivity index (χ0v) is 26.2. The smallest absolute Gasteiger partial charge is 0.321 e. The molecule has 0 spiro atoms. The van der Waals surface area contributed by atoms with Gasteiger partial charge in [-0.05, 0) is 89.7 Å². The predicted molar refractivity (Wildman–Crippen MR) is 160 cm³/mol. The molecule has 4 aliphatic rings. The zero-order valence-electron chi connectivity index (χ0n) is 26.2. The maximum atomic E-state index is 14.5. The Hall–Kier alpha value is -2.10. The van der Waals surface area contributed by atoms with Crippen LogP contribution in [0.15, 0.2) is 30.4 Å². The lowest BCUT2D eigenvalue weighted by Crippen LogP contribution is -2.50. The predicted octanol–water partition coefficient (Wildman–Crippen LogP) is 8.17.